The number of carbonyl (C=O) groups excluding carboxylic acids is 3. The predicted octanol–water partition coefficient (Wildman–Crippen LogP) is 0.810. The summed E-state index contributed by atoms with van der Waals surface area (Å²) in [7, 11) is 0. The molecule has 0 spiro atoms. The molecule has 0 aromatic heterocycles. The maximum Gasteiger partial charge on any atom is 0.331 e. The summed E-state index contributed by atoms with van der Waals surface area (Å²) >= 11 is 0. The Morgan fingerprint density at radius 2 is 1.63 bits per heavy atom. The topological polar surface area (TPSA) is 81.7 Å². The van der Waals surface area contributed by atoms with E-state index in [1.165, 1.54) is 6.92 Å². The number of ether oxygens (including phenoxy) is 2. The van der Waals surface area contributed by atoms with Crippen LogP contribution in [0.5, 0.6) is 0 Å². The molecule has 1 N–H and O–H groups in total. The van der Waals surface area contributed by atoms with Gasteiger partial charge in [0.05, 0.1) is 12.6 Å². The molecule has 0 saturated carbocycles. The third kappa shape index (κ3) is 8.82. The second-order valence-corrected chi connectivity index (χ2v) is 4.27. The summed E-state index contributed by atoms with van der Waals surface area (Å²) in [6.07, 6.45) is 2.01. The minimum absolute atomic E-state index is 0.0588. The number of rotatable bonds is 7. The van der Waals surface area contributed by atoms with Crippen LogP contribution in [-0.4, -0.2) is 37.1 Å². The smallest absolute Gasteiger partial charge is 0.331 e. The molecule has 19 heavy (non-hydrogen) atoms. The summed E-state index contributed by atoms with van der Waals surface area (Å²) in [6, 6.07) is -0.252. The normalized spacial score (nSPS) is 12.3. The molecule has 0 aliphatic heterocycles. The van der Waals surface area contributed by atoms with Crippen LogP contribution in [0.15, 0.2) is 12.2 Å². The highest BCUT2D eigenvalue weighted by Crippen LogP contribution is 2.02. The molecule has 0 rings (SSSR count). The molecule has 0 heterocycles. The number of amides is 1. The second kappa shape index (κ2) is 9.13. The fraction of sp³-hybridized carbons (Fsp3) is 0.615. The van der Waals surface area contributed by atoms with Crippen molar-refractivity contribution in [3.05, 3.63) is 12.2 Å². The van der Waals surface area contributed by atoms with E-state index in [2.05, 4.69) is 10.1 Å². The summed E-state index contributed by atoms with van der Waals surface area (Å²) in [5.74, 6) is -1.30. The monoisotopic (exact) mass is 271 g/mol. The van der Waals surface area contributed by atoms with Gasteiger partial charge < -0.3 is 14.8 Å². The van der Waals surface area contributed by atoms with Crippen LogP contribution >= 0.6 is 0 Å². The van der Waals surface area contributed by atoms with Crippen LogP contribution in [0.25, 0.3) is 0 Å². The molecule has 108 valence electrons. The van der Waals surface area contributed by atoms with Crippen LogP contribution in [0.3, 0.4) is 0 Å². The Kier molecular flexibility index (Phi) is 8.24. The third-order valence-corrected chi connectivity index (χ3v) is 2.24. The molecule has 0 aromatic carbocycles. The minimum Gasteiger partial charge on any atom is -0.463 e. The first-order chi connectivity index (χ1) is 8.86. The van der Waals surface area contributed by atoms with Gasteiger partial charge in [-0.05, 0) is 12.8 Å². The average molecular weight is 271 g/mol. The van der Waals surface area contributed by atoms with Gasteiger partial charge in [-0.25, -0.2) is 9.59 Å². The van der Waals surface area contributed by atoms with Crippen LogP contribution in [0.2, 0.25) is 0 Å². The van der Waals surface area contributed by atoms with Crippen molar-refractivity contribution in [2.24, 2.45) is 5.92 Å². The molecule has 0 aromatic rings. The largest absolute Gasteiger partial charge is 0.463 e. The summed E-state index contributed by atoms with van der Waals surface area (Å²) < 4.78 is 9.56. The molecule has 0 aliphatic rings. The molecule has 0 unspecified atom stereocenters. The molecule has 0 saturated heterocycles. The van der Waals surface area contributed by atoms with E-state index in [1.54, 1.807) is 6.92 Å². The van der Waals surface area contributed by atoms with Gasteiger partial charge >= 0.3 is 11.9 Å². The Labute approximate surface area is 113 Å². The SMILES string of the molecule is CCOC(=O)/C=C/C(=O)OC[C@H](NC(C)=O)C(C)C. The van der Waals surface area contributed by atoms with Gasteiger partial charge in [0.25, 0.3) is 0 Å². The lowest BCUT2D eigenvalue weighted by Crippen LogP contribution is -2.41. The summed E-state index contributed by atoms with van der Waals surface area (Å²) in [5, 5.41) is 2.69. The molecule has 0 radical (unpaired) electrons. The molecule has 0 fully saturated rings. The molecule has 0 aliphatic carbocycles. The van der Waals surface area contributed by atoms with Crippen LogP contribution in [0.1, 0.15) is 27.7 Å². The second-order valence-electron chi connectivity index (χ2n) is 4.27. The first kappa shape index (κ1) is 17.2. The molecule has 6 nitrogen and oxygen atoms in total. The van der Waals surface area contributed by atoms with E-state index in [9.17, 15) is 14.4 Å². The molecule has 1 atom stereocenters. The van der Waals surface area contributed by atoms with E-state index >= 15 is 0 Å². The highest BCUT2D eigenvalue weighted by Gasteiger charge is 2.16. The van der Waals surface area contributed by atoms with Gasteiger partial charge in [0.1, 0.15) is 6.61 Å². The van der Waals surface area contributed by atoms with Crippen molar-refractivity contribution in [2.45, 2.75) is 33.7 Å². The highest BCUT2D eigenvalue weighted by molar-refractivity contribution is 5.91. The number of hydrogen-bond donors (Lipinski definition) is 1. The van der Waals surface area contributed by atoms with Crippen LogP contribution in [0.4, 0.5) is 0 Å². The van der Waals surface area contributed by atoms with Crippen LogP contribution in [0, 0.1) is 5.92 Å². The lowest BCUT2D eigenvalue weighted by Gasteiger charge is -2.20. The van der Waals surface area contributed by atoms with Gasteiger partial charge in [-0.2, -0.15) is 0 Å². The third-order valence-electron chi connectivity index (χ3n) is 2.24. The predicted molar refractivity (Wildman–Crippen MR) is 69.2 cm³/mol. The Balaban J connectivity index is 4.18. The molecule has 6 heteroatoms. The maximum atomic E-state index is 11.3. The van der Waals surface area contributed by atoms with Crippen LogP contribution in [-0.2, 0) is 23.9 Å². The van der Waals surface area contributed by atoms with Gasteiger partial charge in [0.2, 0.25) is 5.91 Å². The average Bonchev–Trinajstić information content (AvgIpc) is 2.31. The van der Waals surface area contributed by atoms with Gasteiger partial charge in [0.15, 0.2) is 0 Å². The van der Waals surface area contributed by atoms with Crippen molar-refractivity contribution in [1.82, 2.24) is 5.32 Å². The van der Waals surface area contributed by atoms with Gasteiger partial charge in [-0.3, -0.25) is 4.79 Å². The fourth-order valence-electron chi connectivity index (χ4n) is 1.21. The molecule has 0 bridgehead atoms. The maximum absolute atomic E-state index is 11.3. The van der Waals surface area contributed by atoms with E-state index in [4.69, 9.17) is 4.74 Å². The standard InChI is InChI=1S/C13H21NO5/c1-5-18-12(16)6-7-13(17)19-8-11(9(2)3)14-10(4)15/h6-7,9,11H,5,8H2,1-4H3,(H,14,15)/b7-6+/t11-/m0/s1. The van der Waals surface area contributed by atoms with E-state index in [0.29, 0.717) is 0 Å². The zero-order valence-electron chi connectivity index (χ0n) is 11.8. The lowest BCUT2D eigenvalue weighted by atomic mass is 10.1. The van der Waals surface area contributed by atoms with Crippen molar-refractivity contribution in [1.29, 1.82) is 0 Å². The van der Waals surface area contributed by atoms with Crippen molar-refractivity contribution < 1.29 is 23.9 Å². The van der Waals surface area contributed by atoms with Crippen LogP contribution < -0.4 is 5.32 Å². The minimum atomic E-state index is -0.649. The number of esters is 2. The van der Waals surface area contributed by atoms with Crippen molar-refractivity contribution >= 4 is 17.8 Å². The Bertz CT molecular complexity index is 349. The van der Waals surface area contributed by atoms with E-state index in [-0.39, 0.29) is 31.1 Å². The Hall–Kier alpha value is -1.85. The van der Waals surface area contributed by atoms with Crippen molar-refractivity contribution in [3.8, 4) is 0 Å². The Morgan fingerprint density at radius 1 is 1.11 bits per heavy atom. The zero-order chi connectivity index (χ0) is 14.8. The van der Waals surface area contributed by atoms with E-state index in [1.807, 2.05) is 13.8 Å². The van der Waals surface area contributed by atoms with Gasteiger partial charge in [0, 0.05) is 19.1 Å². The zero-order valence-corrected chi connectivity index (χ0v) is 11.8. The lowest BCUT2D eigenvalue weighted by molar-refractivity contribution is -0.141. The molecule has 1 amide bonds. The summed E-state index contributed by atoms with van der Waals surface area (Å²) in [5.41, 5.74) is 0. The van der Waals surface area contributed by atoms with Gasteiger partial charge in [-0.1, -0.05) is 13.8 Å². The summed E-state index contributed by atoms with van der Waals surface area (Å²) in [4.78, 5) is 33.3. The van der Waals surface area contributed by atoms with E-state index < -0.39 is 11.9 Å². The first-order valence-corrected chi connectivity index (χ1v) is 6.15. The number of carbonyl (C=O) groups is 3. The van der Waals surface area contributed by atoms with Crippen molar-refractivity contribution in [2.75, 3.05) is 13.2 Å². The number of hydrogen-bond acceptors (Lipinski definition) is 5. The fourth-order valence-corrected chi connectivity index (χ4v) is 1.21. The molecular formula is C13H21NO5. The quantitative estimate of drug-likeness (QED) is 0.547. The Morgan fingerprint density at radius 3 is 2.05 bits per heavy atom. The van der Waals surface area contributed by atoms with Gasteiger partial charge in [-0.15, -0.1) is 0 Å². The van der Waals surface area contributed by atoms with Crippen molar-refractivity contribution in [3.63, 3.8) is 0 Å². The summed E-state index contributed by atoms with van der Waals surface area (Å²) in [6.45, 7) is 7.19. The van der Waals surface area contributed by atoms with E-state index in [0.717, 1.165) is 12.2 Å². The highest BCUT2D eigenvalue weighted by atomic mass is 16.5. The first-order valence-electron chi connectivity index (χ1n) is 6.15. The number of nitrogens with one attached hydrogen (secondary N) is 1. The molecular weight excluding hydrogens is 250 g/mol.